The molecule has 2 fully saturated rings. The first-order chi connectivity index (χ1) is 9.38. The lowest BCUT2D eigenvalue weighted by molar-refractivity contribution is -0.0162. The van der Waals surface area contributed by atoms with Crippen molar-refractivity contribution in [1.29, 1.82) is 0 Å². The molecule has 110 valence electrons. The van der Waals surface area contributed by atoms with Gasteiger partial charge in [0.15, 0.2) is 0 Å². The van der Waals surface area contributed by atoms with Gasteiger partial charge in [-0.15, -0.1) is 5.10 Å². The monoisotopic (exact) mass is 279 g/mol. The third-order valence-corrected chi connectivity index (χ3v) is 4.14. The molecule has 4 N–H and O–H groups in total. The van der Waals surface area contributed by atoms with Crippen molar-refractivity contribution in [2.75, 3.05) is 6.61 Å². The predicted molar refractivity (Wildman–Crippen MR) is 72.2 cm³/mol. The third kappa shape index (κ3) is 2.10. The highest BCUT2D eigenvalue weighted by atomic mass is 16.5. The molecule has 20 heavy (non-hydrogen) atoms. The fourth-order valence-electron chi connectivity index (χ4n) is 2.84. The number of hydrogen-bond acceptors (Lipinski definition) is 5. The average Bonchev–Trinajstić information content (AvgIpc) is 3.01. The molecule has 4 unspecified atom stereocenters. The van der Waals surface area contributed by atoms with E-state index in [-0.39, 0.29) is 35.3 Å². The quantitative estimate of drug-likeness (QED) is 0.703. The zero-order chi connectivity index (χ0) is 14.5. The third-order valence-electron chi connectivity index (χ3n) is 4.14. The highest BCUT2D eigenvalue weighted by Gasteiger charge is 2.52. The number of nitrogens with one attached hydrogen (secondary N) is 2. The fraction of sp³-hybridized carbons (Fsp3) is 0.769. The number of ether oxygens (including phenoxy) is 1. The fourth-order valence-corrected chi connectivity index (χ4v) is 2.84. The van der Waals surface area contributed by atoms with Gasteiger partial charge in [0.1, 0.15) is 5.82 Å². The van der Waals surface area contributed by atoms with Crippen molar-refractivity contribution < 1.29 is 9.53 Å². The van der Waals surface area contributed by atoms with Crippen LogP contribution in [0.15, 0.2) is 0 Å². The number of amides is 1. The average molecular weight is 279 g/mol. The largest absolute Gasteiger partial charge is 0.376 e. The number of H-pyrrole nitrogens is 1. The smallest absolute Gasteiger partial charge is 0.291 e. The number of carbonyl (C=O) groups is 1. The Bertz CT molecular complexity index is 521. The number of aromatic nitrogens is 3. The maximum Gasteiger partial charge on any atom is 0.291 e. The summed E-state index contributed by atoms with van der Waals surface area (Å²) < 4.78 is 5.59. The molecule has 7 nitrogen and oxygen atoms in total. The summed E-state index contributed by atoms with van der Waals surface area (Å²) in [5.41, 5.74) is 5.90. The van der Waals surface area contributed by atoms with E-state index in [2.05, 4.69) is 20.5 Å². The van der Waals surface area contributed by atoms with Crippen molar-refractivity contribution in [2.24, 2.45) is 11.7 Å². The maximum absolute atomic E-state index is 12.2. The van der Waals surface area contributed by atoms with Gasteiger partial charge in [0.05, 0.1) is 12.1 Å². The molecule has 0 radical (unpaired) electrons. The molecular weight excluding hydrogens is 258 g/mol. The number of nitrogens with zero attached hydrogens (tertiary/aromatic N) is 2. The lowest BCUT2D eigenvalue weighted by Gasteiger charge is -2.45. The second-order valence-corrected chi connectivity index (χ2v) is 6.62. The number of aromatic amines is 1. The van der Waals surface area contributed by atoms with Gasteiger partial charge in [-0.25, -0.2) is 4.98 Å². The molecule has 2 heterocycles. The molecule has 0 aromatic carbocycles. The lowest BCUT2D eigenvalue weighted by atomic mass is 9.72. The Hall–Kier alpha value is -1.47. The molecule has 0 bridgehead atoms. The van der Waals surface area contributed by atoms with Gasteiger partial charge in [0.2, 0.25) is 5.82 Å². The van der Waals surface area contributed by atoms with Crippen LogP contribution in [0.4, 0.5) is 0 Å². The van der Waals surface area contributed by atoms with Gasteiger partial charge in [-0.3, -0.25) is 9.89 Å². The molecule has 3 rings (SSSR count). The maximum atomic E-state index is 12.2. The van der Waals surface area contributed by atoms with Crippen molar-refractivity contribution >= 4 is 5.91 Å². The van der Waals surface area contributed by atoms with Crippen LogP contribution >= 0.6 is 0 Å². The zero-order valence-electron chi connectivity index (χ0n) is 12.0. The van der Waals surface area contributed by atoms with Gasteiger partial charge in [0.25, 0.3) is 5.91 Å². The zero-order valence-corrected chi connectivity index (χ0v) is 12.0. The number of rotatable bonds is 2. The topological polar surface area (TPSA) is 106 Å². The molecule has 1 aromatic heterocycles. The van der Waals surface area contributed by atoms with Gasteiger partial charge in [-0.2, -0.15) is 0 Å². The molecule has 4 atom stereocenters. The number of hydrogen-bond donors (Lipinski definition) is 3. The molecular formula is C13H21N5O2. The van der Waals surface area contributed by atoms with Gasteiger partial charge >= 0.3 is 0 Å². The van der Waals surface area contributed by atoms with Crippen LogP contribution in [0.5, 0.6) is 0 Å². The Morgan fingerprint density at radius 3 is 2.90 bits per heavy atom. The molecule has 0 spiro atoms. The Labute approximate surface area is 117 Å². The van der Waals surface area contributed by atoms with E-state index in [1.165, 1.54) is 0 Å². The van der Waals surface area contributed by atoms with Crippen LogP contribution in [0.3, 0.4) is 0 Å². The van der Waals surface area contributed by atoms with E-state index in [0.29, 0.717) is 11.7 Å². The van der Waals surface area contributed by atoms with Gasteiger partial charge in [-0.05, 0) is 6.42 Å². The summed E-state index contributed by atoms with van der Waals surface area (Å²) in [6, 6.07) is -0.168. The van der Waals surface area contributed by atoms with Crippen LogP contribution in [-0.4, -0.2) is 45.9 Å². The summed E-state index contributed by atoms with van der Waals surface area (Å²) in [5, 5.41) is 9.67. The second kappa shape index (κ2) is 4.53. The Morgan fingerprint density at radius 1 is 1.50 bits per heavy atom. The number of nitrogens with two attached hydrogens (primary N) is 1. The SMILES string of the molecule is CC(C)(C)c1nc(C(=O)NC2C(N)C3CCOC32)n[nH]1. The summed E-state index contributed by atoms with van der Waals surface area (Å²) in [6.07, 6.45) is 1.03. The Kier molecular flexibility index (Phi) is 3.06. The summed E-state index contributed by atoms with van der Waals surface area (Å²) in [6.45, 7) is 6.75. The first kappa shape index (κ1) is 13.5. The van der Waals surface area contributed by atoms with Crippen molar-refractivity contribution in [3.8, 4) is 0 Å². The predicted octanol–water partition coefficient (Wildman–Crippen LogP) is -0.0534. The van der Waals surface area contributed by atoms with Gasteiger partial charge in [-0.1, -0.05) is 20.8 Å². The van der Waals surface area contributed by atoms with Crippen LogP contribution in [0, 0.1) is 5.92 Å². The molecule has 1 aromatic rings. The lowest BCUT2D eigenvalue weighted by Crippen LogP contribution is -2.69. The highest BCUT2D eigenvalue weighted by molar-refractivity contribution is 5.90. The van der Waals surface area contributed by atoms with Crippen LogP contribution in [0.25, 0.3) is 0 Å². The van der Waals surface area contributed by atoms with Gasteiger partial charge in [0, 0.05) is 24.0 Å². The van der Waals surface area contributed by atoms with E-state index in [1.807, 2.05) is 20.8 Å². The van der Waals surface area contributed by atoms with E-state index < -0.39 is 0 Å². The minimum Gasteiger partial charge on any atom is -0.376 e. The molecule has 2 aliphatic rings. The van der Waals surface area contributed by atoms with Crippen molar-refractivity contribution in [3.05, 3.63) is 11.6 Å². The molecule has 1 amide bonds. The van der Waals surface area contributed by atoms with E-state index >= 15 is 0 Å². The highest BCUT2D eigenvalue weighted by Crippen LogP contribution is 2.37. The van der Waals surface area contributed by atoms with E-state index in [1.54, 1.807) is 0 Å². The molecule has 1 aliphatic heterocycles. The molecule has 1 saturated carbocycles. The minimum atomic E-state index is -0.300. The first-order valence-corrected chi connectivity index (χ1v) is 6.99. The van der Waals surface area contributed by atoms with Crippen LogP contribution < -0.4 is 11.1 Å². The second-order valence-electron chi connectivity index (χ2n) is 6.62. The molecule has 1 saturated heterocycles. The molecule has 7 heteroatoms. The summed E-state index contributed by atoms with van der Waals surface area (Å²) in [4.78, 5) is 16.4. The summed E-state index contributed by atoms with van der Waals surface area (Å²) in [5.74, 6) is 0.919. The van der Waals surface area contributed by atoms with Crippen molar-refractivity contribution in [3.63, 3.8) is 0 Å². The van der Waals surface area contributed by atoms with Gasteiger partial charge < -0.3 is 15.8 Å². The molecule has 1 aliphatic carbocycles. The minimum absolute atomic E-state index is 0.0347. The van der Waals surface area contributed by atoms with Crippen molar-refractivity contribution in [2.45, 2.75) is 50.8 Å². The van der Waals surface area contributed by atoms with Crippen LogP contribution in [-0.2, 0) is 10.2 Å². The van der Waals surface area contributed by atoms with E-state index in [9.17, 15) is 4.79 Å². The van der Waals surface area contributed by atoms with Crippen molar-refractivity contribution in [1.82, 2.24) is 20.5 Å². The summed E-state index contributed by atoms with van der Waals surface area (Å²) in [7, 11) is 0. The normalized spacial score (nSPS) is 32.6. The standard InChI is InChI=1S/C13H21N5O2/c1-13(2,3)12-16-10(17-18-12)11(19)15-8-7(14)6-4-5-20-9(6)8/h6-9H,4-5,14H2,1-3H3,(H,15,19)(H,16,17,18). The first-order valence-electron chi connectivity index (χ1n) is 6.99. The van der Waals surface area contributed by atoms with E-state index in [4.69, 9.17) is 10.5 Å². The van der Waals surface area contributed by atoms with Crippen LogP contribution in [0.2, 0.25) is 0 Å². The number of carbonyl (C=O) groups excluding carboxylic acids is 1. The Balaban J connectivity index is 1.66. The summed E-state index contributed by atoms with van der Waals surface area (Å²) >= 11 is 0. The Morgan fingerprint density at radius 2 is 2.25 bits per heavy atom. The van der Waals surface area contributed by atoms with E-state index in [0.717, 1.165) is 13.0 Å². The van der Waals surface area contributed by atoms with Crippen LogP contribution in [0.1, 0.15) is 43.6 Å². The number of fused-ring (bicyclic) bond motifs is 1.